The summed E-state index contributed by atoms with van der Waals surface area (Å²) in [5.74, 6) is -2.25. The summed E-state index contributed by atoms with van der Waals surface area (Å²) >= 11 is 0. The topological polar surface area (TPSA) is 95.9 Å². The maximum Gasteiger partial charge on any atom is 0.320 e. The fourth-order valence-electron chi connectivity index (χ4n) is 3.17. The van der Waals surface area contributed by atoms with Crippen molar-refractivity contribution in [3.63, 3.8) is 0 Å². The molecule has 130 valence electrons. The molecule has 2 rings (SSSR count). The van der Waals surface area contributed by atoms with Crippen LogP contribution in [0, 0.1) is 5.92 Å². The first-order valence-corrected chi connectivity index (χ1v) is 7.78. The summed E-state index contributed by atoms with van der Waals surface area (Å²) in [5.41, 5.74) is 0.946. The van der Waals surface area contributed by atoms with Gasteiger partial charge in [0.15, 0.2) is 0 Å². The number of nitrogens with one attached hydrogen (secondary N) is 1. The number of carboxylic acid groups (broad SMARTS) is 1. The van der Waals surface area contributed by atoms with Crippen LogP contribution in [0.25, 0.3) is 0 Å². The smallest absolute Gasteiger partial charge is 0.320 e. The normalized spacial score (nSPS) is 23.7. The summed E-state index contributed by atoms with van der Waals surface area (Å²) in [5, 5.41) is 12.2. The van der Waals surface area contributed by atoms with E-state index in [1.807, 2.05) is 30.3 Å². The Morgan fingerprint density at radius 3 is 2.50 bits per heavy atom. The highest BCUT2D eigenvalue weighted by Gasteiger charge is 2.48. The molecule has 0 bridgehead atoms. The van der Waals surface area contributed by atoms with Crippen LogP contribution in [-0.4, -0.2) is 53.6 Å². The molecule has 0 aliphatic carbocycles. The zero-order chi connectivity index (χ0) is 17.7. The third-order valence-electron chi connectivity index (χ3n) is 4.33. The van der Waals surface area contributed by atoms with E-state index >= 15 is 0 Å². The number of ether oxygens (including phenoxy) is 1. The minimum Gasteiger partial charge on any atom is -0.480 e. The van der Waals surface area contributed by atoms with Crippen LogP contribution in [0.15, 0.2) is 30.3 Å². The van der Waals surface area contributed by atoms with Crippen LogP contribution in [0.4, 0.5) is 0 Å². The molecule has 1 heterocycles. The van der Waals surface area contributed by atoms with Crippen LogP contribution in [0.5, 0.6) is 0 Å². The Hall–Kier alpha value is -2.41. The number of nitrogens with zero attached hydrogens (tertiary/aromatic N) is 1. The lowest BCUT2D eigenvalue weighted by molar-refractivity contribution is -0.146. The van der Waals surface area contributed by atoms with Crippen LogP contribution < -0.4 is 5.32 Å². The molecule has 1 saturated heterocycles. The Morgan fingerprint density at radius 1 is 1.29 bits per heavy atom. The van der Waals surface area contributed by atoms with Gasteiger partial charge in [-0.05, 0) is 12.0 Å². The van der Waals surface area contributed by atoms with Gasteiger partial charge in [0, 0.05) is 26.1 Å². The second kappa shape index (κ2) is 7.92. The molecule has 7 nitrogen and oxygen atoms in total. The largest absolute Gasteiger partial charge is 0.480 e. The highest BCUT2D eigenvalue weighted by molar-refractivity contribution is 5.79. The lowest BCUT2D eigenvalue weighted by atomic mass is 9.99. The van der Waals surface area contributed by atoms with Crippen LogP contribution in [0.2, 0.25) is 0 Å². The van der Waals surface area contributed by atoms with Gasteiger partial charge in [-0.25, -0.2) is 0 Å². The van der Waals surface area contributed by atoms with Gasteiger partial charge < -0.3 is 15.2 Å². The van der Waals surface area contributed by atoms with Crippen molar-refractivity contribution in [3.05, 3.63) is 35.9 Å². The van der Waals surface area contributed by atoms with Crippen LogP contribution in [0.1, 0.15) is 18.9 Å². The number of carbonyl (C=O) groups excluding carboxylic acids is 2. The third-order valence-corrected chi connectivity index (χ3v) is 4.33. The van der Waals surface area contributed by atoms with Crippen molar-refractivity contribution in [2.75, 3.05) is 13.7 Å². The van der Waals surface area contributed by atoms with Gasteiger partial charge in [-0.1, -0.05) is 30.3 Å². The predicted octanol–water partition coefficient (Wildman–Crippen LogP) is 0.639. The van der Waals surface area contributed by atoms with E-state index in [4.69, 9.17) is 4.74 Å². The van der Waals surface area contributed by atoms with Gasteiger partial charge in [0.1, 0.15) is 6.04 Å². The lowest BCUT2D eigenvalue weighted by Gasteiger charge is -2.29. The van der Waals surface area contributed by atoms with Crippen molar-refractivity contribution in [1.29, 1.82) is 0 Å². The second-order valence-corrected chi connectivity index (χ2v) is 5.88. The number of likely N-dealkylation sites (tertiary alicyclic amines) is 1. The van der Waals surface area contributed by atoms with Crippen LogP contribution in [-0.2, 0) is 25.7 Å². The zero-order valence-corrected chi connectivity index (χ0v) is 13.8. The van der Waals surface area contributed by atoms with Crippen molar-refractivity contribution in [3.8, 4) is 0 Å². The Bertz CT molecular complexity index is 604. The molecule has 0 aromatic heterocycles. The fourth-order valence-corrected chi connectivity index (χ4v) is 3.17. The number of methoxy groups -OCH3 is 1. The molecule has 1 amide bonds. The zero-order valence-electron chi connectivity index (χ0n) is 13.8. The minimum absolute atomic E-state index is 0.166. The highest BCUT2D eigenvalue weighted by atomic mass is 16.5. The fraction of sp³-hybridized carbons (Fsp3) is 0.471. The molecule has 2 N–H and O–H groups in total. The van der Waals surface area contributed by atoms with Crippen LogP contribution in [0.3, 0.4) is 0 Å². The van der Waals surface area contributed by atoms with Crippen molar-refractivity contribution in [2.24, 2.45) is 5.92 Å². The number of carboxylic acids is 1. The van der Waals surface area contributed by atoms with Gasteiger partial charge in [0.05, 0.1) is 13.0 Å². The van der Waals surface area contributed by atoms with E-state index in [2.05, 4.69) is 5.32 Å². The maximum absolute atomic E-state index is 12.1. The number of hydrogen-bond donors (Lipinski definition) is 2. The Kier molecular flexibility index (Phi) is 5.92. The van der Waals surface area contributed by atoms with Crippen molar-refractivity contribution >= 4 is 17.8 Å². The molecule has 1 aromatic carbocycles. The highest BCUT2D eigenvalue weighted by Crippen LogP contribution is 2.32. The van der Waals surface area contributed by atoms with Crippen molar-refractivity contribution < 1.29 is 24.2 Å². The van der Waals surface area contributed by atoms with Gasteiger partial charge >= 0.3 is 11.9 Å². The van der Waals surface area contributed by atoms with E-state index in [0.29, 0.717) is 6.54 Å². The molecular formula is C17H22N2O5. The average Bonchev–Trinajstić information content (AvgIpc) is 2.91. The first-order chi connectivity index (χ1) is 11.4. The molecule has 7 heteroatoms. The molecule has 1 aromatic rings. The third kappa shape index (κ3) is 4.11. The Balaban J connectivity index is 2.28. The summed E-state index contributed by atoms with van der Waals surface area (Å²) in [4.78, 5) is 36.8. The molecule has 1 aliphatic heterocycles. The minimum atomic E-state index is -0.981. The first kappa shape index (κ1) is 17.9. The number of benzene rings is 1. The summed E-state index contributed by atoms with van der Waals surface area (Å²) in [6.45, 7) is 1.97. The van der Waals surface area contributed by atoms with Gasteiger partial charge in [-0.15, -0.1) is 0 Å². The van der Waals surface area contributed by atoms with Crippen molar-refractivity contribution in [2.45, 2.75) is 32.0 Å². The number of carbonyl (C=O) groups is 3. The monoisotopic (exact) mass is 334 g/mol. The first-order valence-electron chi connectivity index (χ1n) is 7.78. The number of amides is 1. The standard InChI is InChI=1S/C17H22N2O5/c1-11(20)18-9-15-13(17(23)24-2)8-14(16(21)22)19(15)10-12-6-4-3-5-7-12/h3-7,13-15H,8-10H2,1-2H3,(H,18,20)(H,21,22)/t13-,14-,15+/m1/s1. The molecule has 3 atom stereocenters. The van der Waals surface area contributed by atoms with E-state index in [1.54, 1.807) is 4.90 Å². The summed E-state index contributed by atoms with van der Waals surface area (Å²) in [6, 6.07) is 8.22. The quantitative estimate of drug-likeness (QED) is 0.741. The molecule has 24 heavy (non-hydrogen) atoms. The number of hydrogen-bond acceptors (Lipinski definition) is 5. The lowest BCUT2D eigenvalue weighted by Crippen LogP contribution is -2.47. The SMILES string of the molecule is COC(=O)[C@@H]1C[C@H](C(=O)O)N(Cc2ccccc2)[C@H]1CNC(C)=O. The molecule has 1 aliphatic rings. The van der Waals surface area contributed by atoms with E-state index in [0.717, 1.165) is 5.56 Å². The van der Waals surface area contributed by atoms with Crippen LogP contribution >= 0.6 is 0 Å². The van der Waals surface area contributed by atoms with E-state index in [1.165, 1.54) is 14.0 Å². The average molecular weight is 334 g/mol. The Labute approximate surface area is 140 Å². The maximum atomic E-state index is 12.1. The molecule has 0 unspecified atom stereocenters. The van der Waals surface area contributed by atoms with Gasteiger partial charge in [-0.3, -0.25) is 19.3 Å². The van der Waals surface area contributed by atoms with Gasteiger partial charge in [-0.2, -0.15) is 0 Å². The molecule has 1 fully saturated rings. The summed E-state index contributed by atoms with van der Waals surface area (Å²) < 4.78 is 4.83. The van der Waals surface area contributed by atoms with E-state index < -0.39 is 29.9 Å². The Morgan fingerprint density at radius 2 is 1.96 bits per heavy atom. The number of aliphatic carboxylic acids is 1. The number of esters is 1. The van der Waals surface area contributed by atoms with E-state index in [-0.39, 0.29) is 18.9 Å². The predicted molar refractivity (Wildman–Crippen MR) is 86.0 cm³/mol. The molecular weight excluding hydrogens is 312 g/mol. The second-order valence-electron chi connectivity index (χ2n) is 5.88. The van der Waals surface area contributed by atoms with Crippen molar-refractivity contribution in [1.82, 2.24) is 10.2 Å². The van der Waals surface area contributed by atoms with E-state index in [9.17, 15) is 19.5 Å². The summed E-state index contributed by atoms with van der Waals surface area (Å²) in [6.07, 6.45) is 0.166. The summed E-state index contributed by atoms with van der Waals surface area (Å²) in [7, 11) is 1.29. The van der Waals surface area contributed by atoms with Gasteiger partial charge in [0.2, 0.25) is 5.91 Å². The molecule has 0 radical (unpaired) electrons. The number of rotatable bonds is 6. The molecule has 0 spiro atoms. The molecule has 0 saturated carbocycles. The van der Waals surface area contributed by atoms with Gasteiger partial charge in [0.25, 0.3) is 0 Å².